The molecule has 0 unspecified atom stereocenters. The zero-order chi connectivity index (χ0) is 16.2. The molecule has 2 nitrogen and oxygen atoms in total. The van der Waals surface area contributed by atoms with Crippen LogP contribution in [0.25, 0.3) is 22.9 Å². The van der Waals surface area contributed by atoms with Crippen LogP contribution < -0.4 is 0 Å². The van der Waals surface area contributed by atoms with Crippen LogP contribution in [-0.4, -0.2) is 4.98 Å². The predicted molar refractivity (Wildman–Crippen MR) is 87.4 cm³/mol. The lowest BCUT2D eigenvalue weighted by molar-refractivity contribution is 0.598. The molecule has 0 bridgehead atoms. The molecule has 0 radical (unpaired) electrons. The molecular formula is C18H10F2N2S. The summed E-state index contributed by atoms with van der Waals surface area (Å²) in [5, 5.41) is 11.6. The summed E-state index contributed by atoms with van der Waals surface area (Å²) >= 11 is 1.29. The number of rotatable bonds is 3. The Kier molecular flexibility index (Phi) is 4.26. The lowest BCUT2D eigenvalue weighted by Crippen LogP contribution is -1.87. The topological polar surface area (TPSA) is 36.7 Å². The van der Waals surface area contributed by atoms with Crippen molar-refractivity contribution in [3.63, 3.8) is 0 Å². The van der Waals surface area contributed by atoms with Crippen LogP contribution in [0.4, 0.5) is 8.78 Å². The Morgan fingerprint density at radius 2 is 1.91 bits per heavy atom. The second kappa shape index (κ2) is 6.51. The van der Waals surface area contributed by atoms with Gasteiger partial charge in [-0.05, 0) is 24.3 Å². The van der Waals surface area contributed by atoms with Crippen molar-refractivity contribution in [1.82, 2.24) is 4.98 Å². The molecule has 23 heavy (non-hydrogen) atoms. The Morgan fingerprint density at radius 3 is 2.65 bits per heavy atom. The van der Waals surface area contributed by atoms with Gasteiger partial charge >= 0.3 is 0 Å². The van der Waals surface area contributed by atoms with Crippen molar-refractivity contribution >= 4 is 23.0 Å². The first kappa shape index (κ1) is 15.1. The van der Waals surface area contributed by atoms with Gasteiger partial charge in [0, 0.05) is 16.5 Å². The number of nitriles is 1. The van der Waals surface area contributed by atoms with Gasteiger partial charge in [0.25, 0.3) is 0 Å². The van der Waals surface area contributed by atoms with Crippen LogP contribution in [0.1, 0.15) is 10.6 Å². The minimum absolute atomic E-state index is 0.0259. The second-order valence-electron chi connectivity index (χ2n) is 4.74. The maximum atomic E-state index is 13.7. The molecule has 5 heteroatoms. The number of aromatic nitrogens is 1. The van der Waals surface area contributed by atoms with E-state index < -0.39 is 11.6 Å². The summed E-state index contributed by atoms with van der Waals surface area (Å²) in [5.41, 5.74) is 1.90. The Morgan fingerprint density at radius 1 is 1.13 bits per heavy atom. The van der Waals surface area contributed by atoms with Crippen molar-refractivity contribution < 1.29 is 8.78 Å². The van der Waals surface area contributed by atoms with Gasteiger partial charge in [-0.1, -0.05) is 30.3 Å². The molecule has 0 saturated heterocycles. The van der Waals surface area contributed by atoms with Crippen LogP contribution in [0.3, 0.4) is 0 Å². The van der Waals surface area contributed by atoms with Gasteiger partial charge in [0.15, 0.2) is 0 Å². The molecule has 2 aromatic carbocycles. The summed E-state index contributed by atoms with van der Waals surface area (Å²) in [5.74, 6) is -1.14. The monoisotopic (exact) mass is 324 g/mol. The first-order chi connectivity index (χ1) is 11.2. The number of allylic oxidation sites excluding steroid dienone is 1. The summed E-state index contributed by atoms with van der Waals surface area (Å²) in [4.78, 5) is 4.41. The first-order valence-corrected chi connectivity index (χ1v) is 7.63. The zero-order valence-corrected chi connectivity index (χ0v) is 12.6. The van der Waals surface area contributed by atoms with Crippen molar-refractivity contribution in [2.24, 2.45) is 0 Å². The largest absolute Gasteiger partial charge is 0.235 e. The Bertz CT molecular complexity index is 908. The standard InChI is InChI=1S/C18H10F2N2S/c19-15-6-7-16(20)13(9-15)8-14(10-21)18-22-17(11-23-18)12-4-2-1-3-5-12/h1-9,11H/b14-8-. The Hall–Kier alpha value is -2.84. The van der Waals surface area contributed by atoms with Gasteiger partial charge in [-0.25, -0.2) is 13.8 Å². The van der Waals surface area contributed by atoms with Crippen LogP contribution in [0.15, 0.2) is 53.9 Å². The highest BCUT2D eigenvalue weighted by molar-refractivity contribution is 7.11. The molecule has 112 valence electrons. The average Bonchev–Trinajstić information content (AvgIpc) is 3.06. The third kappa shape index (κ3) is 3.33. The molecule has 0 aliphatic heterocycles. The fourth-order valence-electron chi connectivity index (χ4n) is 2.06. The van der Waals surface area contributed by atoms with Crippen LogP contribution in [0, 0.1) is 23.0 Å². The second-order valence-corrected chi connectivity index (χ2v) is 5.60. The number of nitrogens with zero attached hydrogens (tertiary/aromatic N) is 2. The Balaban J connectivity index is 1.99. The molecule has 1 heterocycles. The zero-order valence-electron chi connectivity index (χ0n) is 11.8. The van der Waals surface area contributed by atoms with Crippen LogP contribution >= 0.6 is 11.3 Å². The fraction of sp³-hybridized carbons (Fsp3) is 0. The average molecular weight is 324 g/mol. The summed E-state index contributed by atoms with van der Waals surface area (Å²) in [6.45, 7) is 0. The van der Waals surface area contributed by atoms with Gasteiger partial charge in [-0.15, -0.1) is 11.3 Å². The predicted octanol–water partition coefficient (Wildman–Crippen LogP) is 5.15. The number of hydrogen-bond acceptors (Lipinski definition) is 3. The van der Waals surface area contributed by atoms with E-state index >= 15 is 0 Å². The van der Waals surface area contributed by atoms with E-state index in [1.165, 1.54) is 17.4 Å². The molecule has 0 amide bonds. The van der Waals surface area contributed by atoms with E-state index in [9.17, 15) is 14.0 Å². The third-order valence-corrected chi connectivity index (χ3v) is 4.06. The molecule has 0 fully saturated rings. The lowest BCUT2D eigenvalue weighted by atomic mass is 10.1. The van der Waals surface area contributed by atoms with Crippen molar-refractivity contribution in [2.75, 3.05) is 0 Å². The maximum Gasteiger partial charge on any atom is 0.134 e. The molecule has 0 saturated carbocycles. The number of halogens is 2. The highest BCUT2D eigenvalue weighted by atomic mass is 32.1. The van der Waals surface area contributed by atoms with Crippen molar-refractivity contribution in [3.05, 3.63) is 76.1 Å². The molecule has 3 rings (SSSR count). The van der Waals surface area contributed by atoms with E-state index in [2.05, 4.69) is 4.98 Å². The highest BCUT2D eigenvalue weighted by Gasteiger charge is 2.10. The number of benzene rings is 2. The first-order valence-electron chi connectivity index (χ1n) is 6.75. The number of hydrogen-bond donors (Lipinski definition) is 0. The van der Waals surface area contributed by atoms with Crippen molar-refractivity contribution in [3.8, 4) is 17.3 Å². The van der Waals surface area contributed by atoms with Gasteiger partial charge in [0.05, 0.1) is 11.3 Å². The van der Waals surface area contributed by atoms with E-state index in [0.29, 0.717) is 5.01 Å². The molecular weight excluding hydrogens is 314 g/mol. The Labute approximate surface area is 136 Å². The van der Waals surface area contributed by atoms with Gasteiger partial charge in [-0.3, -0.25) is 0 Å². The summed E-state index contributed by atoms with van der Waals surface area (Å²) in [6.07, 6.45) is 1.31. The third-order valence-electron chi connectivity index (χ3n) is 3.18. The van der Waals surface area contributed by atoms with E-state index in [-0.39, 0.29) is 11.1 Å². The van der Waals surface area contributed by atoms with Crippen molar-refractivity contribution in [2.45, 2.75) is 0 Å². The molecule has 0 aliphatic carbocycles. The maximum absolute atomic E-state index is 13.7. The lowest BCUT2D eigenvalue weighted by Gasteiger charge is -1.99. The minimum atomic E-state index is -0.584. The van der Waals surface area contributed by atoms with Gasteiger partial charge < -0.3 is 0 Å². The molecule has 0 N–H and O–H groups in total. The molecule has 0 atom stereocenters. The fourth-order valence-corrected chi connectivity index (χ4v) is 2.86. The van der Waals surface area contributed by atoms with E-state index in [1.54, 1.807) is 0 Å². The number of thiazole rings is 1. The highest BCUT2D eigenvalue weighted by Crippen LogP contribution is 2.27. The normalized spacial score (nSPS) is 11.3. The molecule has 3 aromatic rings. The van der Waals surface area contributed by atoms with Crippen LogP contribution in [0.2, 0.25) is 0 Å². The molecule has 1 aromatic heterocycles. The molecule has 0 aliphatic rings. The van der Waals surface area contributed by atoms with E-state index in [4.69, 9.17) is 0 Å². The SMILES string of the molecule is N#C/C(=C/c1cc(F)ccc1F)c1nc(-c2ccccc2)cs1. The summed E-state index contributed by atoms with van der Waals surface area (Å²) in [6, 6.07) is 14.7. The summed E-state index contributed by atoms with van der Waals surface area (Å²) < 4.78 is 27.0. The smallest absolute Gasteiger partial charge is 0.134 e. The van der Waals surface area contributed by atoms with E-state index in [1.807, 2.05) is 41.8 Å². The van der Waals surface area contributed by atoms with Gasteiger partial charge in [0.2, 0.25) is 0 Å². The molecule has 0 spiro atoms. The quantitative estimate of drug-likeness (QED) is 0.625. The van der Waals surface area contributed by atoms with Crippen molar-refractivity contribution in [1.29, 1.82) is 5.26 Å². The minimum Gasteiger partial charge on any atom is -0.235 e. The van der Waals surface area contributed by atoms with Gasteiger partial charge in [-0.2, -0.15) is 5.26 Å². The van der Waals surface area contributed by atoms with Gasteiger partial charge in [0.1, 0.15) is 22.7 Å². The summed E-state index contributed by atoms with van der Waals surface area (Å²) in [7, 11) is 0. The van der Waals surface area contributed by atoms with Crippen LogP contribution in [-0.2, 0) is 0 Å². The van der Waals surface area contributed by atoms with Crippen LogP contribution in [0.5, 0.6) is 0 Å². The van der Waals surface area contributed by atoms with E-state index in [0.717, 1.165) is 29.5 Å².